The van der Waals surface area contributed by atoms with Crippen LogP contribution < -0.4 is 16.0 Å². The van der Waals surface area contributed by atoms with Gasteiger partial charge in [-0.15, -0.1) is 0 Å². The Hall–Kier alpha value is -3.16. The van der Waals surface area contributed by atoms with Crippen LogP contribution >= 0.6 is 0 Å². The molecule has 0 spiro atoms. The number of carbonyl (C=O) groups excluding carboxylic acids is 4. The molecule has 2 fully saturated rings. The van der Waals surface area contributed by atoms with E-state index in [1.807, 2.05) is 18.2 Å². The molecule has 3 amide bonds. The molecule has 1 saturated carbocycles. The first-order valence-corrected chi connectivity index (χ1v) is 12.8. The molecule has 2 aliphatic rings. The van der Waals surface area contributed by atoms with Crippen molar-refractivity contribution in [2.45, 2.75) is 76.8 Å². The van der Waals surface area contributed by atoms with Gasteiger partial charge < -0.3 is 20.4 Å². The first-order chi connectivity index (χ1) is 16.9. The SMILES string of the molecule is CC(=O)C(CC1CCCNC1=O)NC(=O)C(CC1CCCCC1)NC(=O)c1coc2ccccc12. The maximum absolute atomic E-state index is 13.4. The standard InChI is InChI=1S/C27H35N3O5/c1-17(31)22(15-19-10-7-13-28-25(19)32)29-27(34)23(14-18-8-3-2-4-9-18)30-26(33)21-16-35-24-12-6-5-11-20(21)24/h5-6,11-12,16,18-19,22-23H,2-4,7-10,13-15H2,1H3,(H,28,32)(H,29,34)(H,30,33). The summed E-state index contributed by atoms with van der Waals surface area (Å²) in [5.41, 5.74) is 0.984. The van der Waals surface area contributed by atoms with E-state index in [0.29, 0.717) is 41.8 Å². The predicted octanol–water partition coefficient (Wildman–Crippen LogP) is 3.49. The Bertz CT molecular complexity index is 1070. The van der Waals surface area contributed by atoms with Gasteiger partial charge in [0.25, 0.3) is 5.91 Å². The van der Waals surface area contributed by atoms with Crippen LogP contribution in [0.3, 0.4) is 0 Å². The Balaban J connectivity index is 1.49. The third-order valence-corrected chi connectivity index (χ3v) is 7.37. The van der Waals surface area contributed by atoms with Crippen molar-refractivity contribution in [3.8, 4) is 0 Å². The van der Waals surface area contributed by atoms with Gasteiger partial charge in [0, 0.05) is 17.8 Å². The zero-order valence-corrected chi connectivity index (χ0v) is 20.3. The van der Waals surface area contributed by atoms with Gasteiger partial charge in [-0.3, -0.25) is 19.2 Å². The van der Waals surface area contributed by atoms with Crippen molar-refractivity contribution in [2.75, 3.05) is 6.54 Å². The monoisotopic (exact) mass is 481 g/mol. The molecule has 8 heteroatoms. The molecular weight excluding hydrogens is 446 g/mol. The van der Waals surface area contributed by atoms with E-state index in [2.05, 4.69) is 16.0 Å². The van der Waals surface area contributed by atoms with E-state index in [4.69, 9.17) is 4.42 Å². The summed E-state index contributed by atoms with van der Waals surface area (Å²) in [5, 5.41) is 9.29. The molecule has 1 aromatic carbocycles. The molecule has 4 rings (SSSR count). The molecule has 35 heavy (non-hydrogen) atoms. The van der Waals surface area contributed by atoms with E-state index in [1.54, 1.807) is 6.07 Å². The van der Waals surface area contributed by atoms with Crippen LogP contribution in [0.4, 0.5) is 0 Å². The summed E-state index contributed by atoms with van der Waals surface area (Å²) in [6.45, 7) is 2.07. The number of piperidine rings is 1. The van der Waals surface area contributed by atoms with E-state index >= 15 is 0 Å². The van der Waals surface area contributed by atoms with Crippen molar-refractivity contribution < 1.29 is 23.6 Å². The third-order valence-electron chi connectivity index (χ3n) is 7.37. The van der Waals surface area contributed by atoms with Gasteiger partial charge in [-0.05, 0) is 44.6 Å². The van der Waals surface area contributed by atoms with Gasteiger partial charge in [0.2, 0.25) is 11.8 Å². The maximum atomic E-state index is 13.4. The zero-order chi connectivity index (χ0) is 24.8. The highest BCUT2D eigenvalue weighted by molar-refractivity contribution is 6.07. The number of amides is 3. The molecule has 2 aromatic rings. The fourth-order valence-corrected chi connectivity index (χ4v) is 5.32. The number of carbonyl (C=O) groups is 4. The lowest BCUT2D eigenvalue weighted by Crippen LogP contribution is -2.53. The van der Waals surface area contributed by atoms with Crippen LogP contribution in [-0.2, 0) is 14.4 Å². The Labute approximate surface area is 205 Å². The van der Waals surface area contributed by atoms with Crippen LogP contribution in [-0.4, -0.2) is 42.1 Å². The van der Waals surface area contributed by atoms with Gasteiger partial charge in [0.1, 0.15) is 17.9 Å². The lowest BCUT2D eigenvalue weighted by atomic mass is 9.84. The number of nitrogens with one attached hydrogen (secondary N) is 3. The molecule has 3 N–H and O–H groups in total. The molecular formula is C27H35N3O5. The molecule has 8 nitrogen and oxygen atoms in total. The second kappa shape index (κ2) is 11.5. The quantitative estimate of drug-likeness (QED) is 0.507. The molecule has 1 aliphatic carbocycles. The fourth-order valence-electron chi connectivity index (χ4n) is 5.32. The van der Waals surface area contributed by atoms with Crippen LogP contribution in [0.15, 0.2) is 34.9 Å². The Morgan fingerprint density at radius 3 is 2.51 bits per heavy atom. The van der Waals surface area contributed by atoms with Gasteiger partial charge in [-0.25, -0.2) is 0 Å². The van der Waals surface area contributed by atoms with Crippen LogP contribution in [0, 0.1) is 11.8 Å². The minimum absolute atomic E-state index is 0.0735. The number of fused-ring (bicyclic) bond motifs is 1. The highest BCUT2D eigenvalue weighted by atomic mass is 16.3. The van der Waals surface area contributed by atoms with E-state index in [-0.39, 0.29) is 35.8 Å². The first kappa shape index (κ1) is 24.9. The Kier molecular flexibility index (Phi) is 8.21. The first-order valence-electron chi connectivity index (χ1n) is 12.8. The summed E-state index contributed by atoms with van der Waals surface area (Å²) in [4.78, 5) is 51.2. The van der Waals surface area contributed by atoms with E-state index in [1.165, 1.54) is 19.6 Å². The van der Waals surface area contributed by atoms with Gasteiger partial charge in [-0.1, -0.05) is 50.3 Å². The molecule has 1 aliphatic heterocycles. The van der Waals surface area contributed by atoms with Gasteiger partial charge in [0.15, 0.2) is 5.78 Å². The second-order valence-corrected chi connectivity index (χ2v) is 9.95. The molecule has 1 aromatic heterocycles. The molecule has 188 valence electrons. The summed E-state index contributed by atoms with van der Waals surface area (Å²) < 4.78 is 5.51. The van der Waals surface area contributed by atoms with Crippen LogP contribution in [0.5, 0.6) is 0 Å². The lowest BCUT2D eigenvalue weighted by Gasteiger charge is -2.29. The van der Waals surface area contributed by atoms with Crippen LogP contribution in [0.25, 0.3) is 11.0 Å². The van der Waals surface area contributed by atoms with Crippen LogP contribution in [0.1, 0.15) is 75.1 Å². The summed E-state index contributed by atoms with van der Waals surface area (Å²) in [6.07, 6.45) is 9.21. The highest BCUT2D eigenvalue weighted by Crippen LogP contribution is 2.28. The number of Topliss-reactive ketones (excluding diaryl/α,β-unsaturated/α-hetero) is 1. The summed E-state index contributed by atoms with van der Waals surface area (Å²) in [5.74, 6) is -0.997. The average Bonchev–Trinajstić information content (AvgIpc) is 3.29. The largest absolute Gasteiger partial charge is 0.463 e. The maximum Gasteiger partial charge on any atom is 0.255 e. The molecule has 2 heterocycles. The lowest BCUT2D eigenvalue weighted by molar-refractivity contribution is -0.131. The average molecular weight is 482 g/mol. The molecule has 3 unspecified atom stereocenters. The number of hydrogen-bond acceptors (Lipinski definition) is 5. The number of benzene rings is 1. The van der Waals surface area contributed by atoms with Crippen molar-refractivity contribution in [3.05, 3.63) is 36.1 Å². The second-order valence-electron chi connectivity index (χ2n) is 9.95. The fraction of sp³-hybridized carbons (Fsp3) is 0.556. The molecule has 1 saturated heterocycles. The summed E-state index contributed by atoms with van der Waals surface area (Å²) in [6, 6.07) is 5.72. The number of hydrogen-bond donors (Lipinski definition) is 3. The molecule has 3 atom stereocenters. The van der Waals surface area contributed by atoms with Gasteiger partial charge in [0.05, 0.1) is 11.6 Å². The van der Waals surface area contributed by atoms with E-state index < -0.39 is 12.1 Å². The highest BCUT2D eigenvalue weighted by Gasteiger charge is 2.32. The van der Waals surface area contributed by atoms with Gasteiger partial charge in [-0.2, -0.15) is 0 Å². The van der Waals surface area contributed by atoms with Crippen molar-refractivity contribution in [3.63, 3.8) is 0 Å². The topological polar surface area (TPSA) is 118 Å². The number of para-hydroxylation sites is 1. The predicted molar refractivity (Wildman–Crippen MR) is 132 cm³/mol. The van der Waals surface area contributed by atoms with Gasteiger partial charge >= 0.3 is 0 Å². The van der Waals surface area contributed by atoms with E-state index in [9.17, 15) is 19.2 Å². The van der Waals surface area contributed by atoms with Crippen molar-refractivity contribution in [2.24, 2.45) is 11.8 Å². The molecule has 0 radical (unpaired) electrons. The van der Waals surface area contributed by atoms with Crippen molar-refractivity contribution >= 4 is 34.5 Å². The van der Waals surface area contributed by atoms with E-state index in [0.717, 1.165) is 32.1 Å². The van der Waals surface area contributed by atoms with Crippen LogP contribution in [0.2, 0.25) is 0 Å². The number of ketones is 1. The number of rotatable bonds is 9. The zero-order valence-electron chi connectivity index (χ0n) is 20.3. The third kappa shape index (κ3) is 6.29. The smallest absolute Gasteiger partial charge is 0.255 e. The Morgan fingerprint density at radius 2 is 1.77 bits per heavy atom. The normalized spacial score (nSPS) is 20.6. The minimum Gasteiger partial charge on any atom is -0.463 e. The summed E-state index contributed by atoms with van der Waals surface area (Å²) in [7, 11) is 0. The number of furan rings is 1. The molecule has 0 bridgehead atoms. The minimum atomic E-state index is -0.777. The van der Waals surface area contributed by atoms with Crippen molar-refractivity contribution in [1.29, 1.82) is 0 Å². The summed E-state index contributed by atoms with van der Waals surface area (Å²) >= 11 is 0. The van der Waals surface area contributed by atoms with Crippen molar-refractivity contribution in [1.82, 2.24) is 16.0 Å². The Morgan fingerprint density at radius 1 is 1.00 bits per heavy atom.